The Kier molecular flexibility index (Phi) is 6.11. The zero-order chi connectivity index (χ0) is 32.3. The first kappa shape index (κ1) is 27.4. The molecule has 0 aliphatic heterocycles. The first-order valence-corrected chi connectivity index (χ1v) is 16.4. The minimum absolute atomic E-state index is 0.648. The number of nitrogens with zero attached hydrogens (tertiary/aromatic N) is 5. The van der Waals surface area contributed by atoms with E-state index in [-0.39, 0.29) is 0 Å². The highest BCUT2D eigenvalue weighted by atomic mass is 15.0. The van der Waals surface area contributed by atoms with Crippen LogP contribution in [0.1, 0.15) is 0 Å². The summed E-state index contributed by atoms with van der Waals surface area (Å²) in [4.78, 5) is 20.0. The molecule has 0 atom stereocenters. The van der Waals surface area contributed by atoms with Crippen LogP contribution >= 0.6 is 0 Å². The van der Waals surface area contributed by atoms with Gasteiger partial charge in [0.1, 0.15) is 5.65 Å². The summed E-state index contributed by atoms with van der Waals surface area (Å²) in [6.45, 7) is 0. The topological polar surface area (TPSA) is 56.0 Å². The van der Waals surface area contributed by atoms with Crippen LogP contribution in [-0.2, 0) is 0 Å². The van der Waals surface area contributed by atoms with E-state index in [4.69, 9.17) is 19.9 Å². The number of aromatic nitrogens is 5. The fourth-order valence-electron chi connectivity index (χ4n) is 7.18. The lowest BCUT2D eigenvalue weighted by molar-refractivity contribution is 1.08. The van der Waals surface area contributed by atoms with E-state index in [9.17, 15) is 0 Å². The van der Waals surface area contributed by atoms with Gasteiger partial charge >= 0.3 is 0 Å². The molecule has 0 saturated carbocycles. The molecular weight excluding hydrogens is 599 g/mol. The molecule has 0 N–H and O–H groups in total. The van der Waals surface area contributed by atoms with Gasteiger partial charge in [0.2, 0.25) is 0 Å². The van der Waals surface area contributed by atoms with Crippen molar-refractivity contribution >= 4 is 49.0 Å². The van der Waals surface area contributed by atoms with Gasteiger partial charge in [-0.1, -0.05) is 133 Å². The molecule has 10 aromatic rings. The number of hydrogen-bond donors (Lipinski definition) is 0. The minimum atomic E-state index is 0.648. The largest absolute Gasteiger partial charge is 0.299 e. The van der Waals surface area contributed by atoms with E-state index in [1.165, 1.54) is 16.2 Å². The van der Waals surface area contributed by atoms with Gasteiger partial charge in [0.25, 0.3) is 0 Å². The Labute approximate surface area is 281 Å². The lowest BCUT2D eigenvalue weighted by Crippen LogP contribution is -2.00. The quantitative estimate of drug-likeness (QED) is 0.183. The van der Waals surface area contributed by atoms with E-state index in [0.29, 0.717) is 17.5 Å². The van der Waals surface area contributed by atoms with Gasteiger partial charge in [-0.25, -0.2) is 19.9 Å². The molecule has 0 aliphatic rings. The summed E-state index contributed by atoms with van der Waals surface area (Å²) in [5, 5.41) is 6.97. The van der Waals surface area contributed by atoms with Crippen molar-refractivity contribution in [1.29, 1.82) is 0 Å². The van der Waals surface area contributed by atoms with Crippen molar-refractivity contribution in [2.24, 2.45) is 0 Å². The predicted octanol–water partition coefficient (Wildman–Crippen LogP) is 10.8. The number of hydrogen-bond acceptors (Lipinski definition) is 4. The summed E-state index contributed by atoms with van der Waals surface area (Å²) < 4.78 is 2.20. The standard InChI is InChI=1S/C44H27N5/c1-3-13-28(14-4-1)42-46-43(29-15-5-2-6-16-29)48-44(47-42)37-25-24-31(32-17-7-8-18-33(32)37)30-22-23-36-38(27-30)34-19-9-10-20-35(34)40-41(36)49-26-12-11-21-39(49)45-40/h1-27H. The Morgan fingerprint density at radius 1 is 0.347 bits per heavy atom. The Morgan fingerprint density at radius 2 is 0.918 bits per heavy atom. The third-order valence-corrected chi connectivity index (χ3v) is 9.45. The second kappa shape index (κ2) is 10.9. The fraction of sp³-hybridized carbons (Fsp3) is 0. The van der Waals surface area contributed by atoms with Crippen LogP contribution in [0.25, 0.3) is 94.3 Å². The van der Waals surface area contributed by atoms with Crippen molar-refractivity contribution < 1.29 is 0 Å². The molecule has 3 aromatic heterocycles. The van der Waals surface area contributed by atoms with Crippen LogP contribution in [0, 0.1) is 0 Å². The zero-order valence-corrected chi connectivity index (χ0v) is 26.3. The fourth-order valence-corrected chi connectivity index (χ4v) is 7.18. The molecule has 5 nitrogen and oxygen atoms in total. The molecule has 10 rings (SSSR count). The summed E-state index contributed by atoms with van der Waals surface area (Å²) in [5.41, 5.74) is 8.29. The van der Waals surface area contributed by atoms with Crippen LogP contribution in [0.3, 0.4) is 0 Å². The molecule has 0 unspecified atom stereocenters. The van der Waals surface area contributed by atoms with Crippen LogP contribution in [0.4, 0.5) is 0 Å². The number of imidazole rings is 1. The van der Waals surface area contributed by atoms with Crippen molar-refractivity contribution in [2.75, 3.05) is 0 Å². The first-order valence-electron chi connectivity index (χ1n) is 16.4. The summed E-state index contributed by atoms with van der Waals surface area (Å²) in [7, 11) is 0. The van der Waals surface area contributed by atoms with E-state index in [2.05, 4.69) is 102 Å². The van der Waals surface area contributed by atoms with Crippen molar-refractivity contribution in [3.8, 4) is 45.3 Å². The monoisotopic (exact) mass is 625 g/mol. The van der Waals surface area contributed by atoms with E-state index in [0.717, 1.165) is 60.7 Å². The van der Waals surface area contributed by atoms with Gasteiger partial charge in [-0.2, -0.15) is 0 Å². The lowest BCUT2D eigenvalue weighted by atomic mass is 9.92. The maximum absolute atomic E-state index is 5.05. The van der Waals surface area contributed by atoms with Crippen LogP contribution in [0.5, 0.6) is 0 Å². The number of benzene rings is 7. The molecule has 0 bridgehead atoms. The Hall–Kier alpha value is -6.72. The van der Waals surface area contributed by atoms with Gasteiger partial charge in [0.05, 0.1) is 11.0 Å². The number of rotatable bonds is 4. The Balaban J connectivity index is 1.19. The molecule has 0 fully saturated rings. The molecule has 0 saturated heterocycles. The molecule has 49 heavy (non-hydrogen) atoms. The molecule has 0 radical (unpaired) electrons. The van der Waals surface area contributed by atoms with E-state index in [1.54, 1.807) is 0 Å². The molecule has 0 aliphatic carbocycles. The van der Waals surface area contributed by atoms with E-state index >= 15 is 0 Å². The highest BCUT2D eigenvalue weighted by Gasteiger charge is 2.18. The molecule has 5 heteroatoms. The highest BCUT2D eigenvalue weighted by molar-refractivity contribution is 6.24. The van der Waals surface area contributed by atoms with Crippen molar-refractivity contribution in [1.82, 2.24) is 24.3 Å². The molecule has 3 heterocycles. The highest BCUT2D eigenvalue weighted by Crippen LogP contribution is 2.40. The van der Waals surface area contributed by atoms with Crippen molar-refractivity contribution in [2.45, 2.75) is 0 Å². The number of pyridine rings is 1. The van der Waals surface area contributed by atoms with E-state index < -0.39 is 0 Å². The van der Waals surface area contributed by atoms with Gasteiger partial charge in [-0.05, 0) is 56.9 Å². The van der Waals surface area contributed by atoms with Crippen LogP contribution in [0.2, 0.25) is 0 Å². The molecule has 0 amide bonds. The van der Waals surface area contributed by atoms with Gasteiger partial charge in [0.15, 0.2) is 17.5 Å². The van der Waals surface area contributed by atoms with Gasteiger partial charge < -0.3 is 0 Å². The second-order valence-electron chi connectivity index (χ2n) is 12.3. The number of fused-ring (bicyclic) bond motifs is 9. The van der Waals surface area contributed by atoms with Gasteiger partial charge in [-0.15, -0.1) is 0 Å². The van der Waals surface area contributed by atoms with Gasteiger partial charge in [-0.3, -0.25) is 4.40 Å². The van der Waals surface area contributed by atoms with Crippen molar-refractivity contribution in [3.05, 3.63) is 164 Å². The zero-order valence-electron chi connectivity index (χ0n) is 26.3. The van der Waals surface area contributed by atoms with E-state index in [1.807, 2.05) is 66.7 Å². The lowest BCUT2D eigenvalue weighted by Gasteiger charge is -2.14. The van der Waals surface area contributed by atoms with Crippen molar-refractivity contribution in [3.63, 3.8) is 0 Å². The maximum Gasteiger partial charge on any atom is 0.164 e. The molecule has 228 valence electrons. The third kappa shape index (κ3) is 4.40. The average Bonchev–Trinajstić information content (AvgIpc) is 3.58. The normalized spacial score (nSPS) is 11.7. The molecule has 0 spiro atoms. The second-order valence-corrected chi connectivity index (χ2v) is 12.3. The minimum Gasteiger partial charge on any atom is -0.299 e. The van der Waals surface area contributed by atoms with Crippen LogP contribution < -0.4 is 0 Å². The summed E-state index contributed by atoms with van der Waals surface area (Å²) in [6.07, 6.45) is 2.10. The predicted molar refractivity (Wildman–Crippen MR) is 200 cm³/mol. The summed E-state index contributed by atoms with van der Waals surface area (Å²) in [6, 6.07) is 54.8. The van der Waals surface area contributed by atoms with Crippen LogP contribution in [-0.4, -0.2) is 24.3 Å². The SMILES string of the molecule is c1ccc(-c2nc(-c3ccccc3)nc(-c3ccc(-c4ccc5c(c4)c4ccccc4c4nc6ccccn6c54)c4ccccc34)n2)cc1. The van der Waals surface area contributed by atoms with Gasteiger partial charge in [0, 0.05) is 33.7 Å². The molecular formula is C44H27N5. The maximum atomic E-state index is 5.05. The first-order chi connectivity index (χ1) is 24.3. The van der Waals surface area contributed by atoms with Crippen LogP contribution in [0.15, 0.2) is 164 Å². The Morgan fingerprint density at radius 3 is 1.63 bits per heavy atom. The smallest absolute Gasteiger partial charge is 0.164 e. The average molecular weight is 626 g/mol. The summed E-state index contributed by atoms with van der Waals surface area (Å²) >= 11 is 0. The third-order valence-electron chi connectivity index (χ3n) is 9.45. The summed E-state index contributed by atoms with van der Waals surface area (Å²) in [5.74, 6) is 1.95. The molecule has 7 aromatic carbocycles. The Bertz CT molecular complexity index is 2820.